The first kappa shape index (κ1) is 16.9. The lowest BCUT2D eigenvalue weighted by Gasteiger charge is -2.55. The SMILES string of the molecule is Cc1ccc(Nc2ccccc2NC(=O)C23CC4CC(CC(C4)C2)C3)cc1. The van der Waals surface area contributed by atoms with Gasteiger partial charge in [0.15, 0.2) is 0 Å². The quantitative estimate of drug-likeness (QED) is 0.713. The number of hydrogen-bond donors (Lipinski definition) is 2. The van der Waals surface area contributed by atoms with Gasteiger partial charge >= 0.3 is 0 Å². The normalized spacial score (nSPS) is 30.9. The molecule has 0 aromatic heterocycles. The van der Waals surface area contributed by atoms with Gasteiger partial charge in [-0.2, -0.15) is 0 Å². The monoisotopic (exact) mass is 360 g/mol. The molecule has 3 heteroatoms. The third kappa shape index (κ3) is 3.13. The van der Waals surface area contributed by atoms with E-state index in [4.69, 9.17) is 0 Å². The second-order valence-corrected chi connectivity index (χ2v) is 9.19. The molecule has 2 aromatic rings. The number of rotatable bonds is 4. The van der Waals surface area contributed by atoms with E-state index in [0.29, 0.717) is 0 Å². The highest BCUT2D eigenvalue weighted by Crippen LogP contribution is 2.60. The molecule has 0 atom stereocenters. The summed E-state index contributed by atoms with van der Waals surface area (Å²) in [5.41, 5.74) is 4.01. The number of hydrogen-bond acceptors (Lipinski definition) is 2. The molecule has 2 aromatic carbocycles. The Morgan fingerprint density at radius 1 is 0.852 bits per heavy atom. The molecule has 4 bridgehead atoms. The summed E-state index contributed by atoms with van der Waals surface area (Å²) in [6.07, 6.45) is 7.36. The lowest BCUT2D eigenvalue weighted by atomic mass is 9.49. The number of benzene rings is 2. The number of nitrogens with one attached hydrogen (secondary N) is 2. The number of para-hydroxylation sites is 2. The summed E-state index contributed by atoms with van der Waals surface area (Å²) in [5, 5.41) is 6.76. The highest BCUT2D eigenvalue weighted by Gasteiger charge is 2.54. The van der Waals surface area contributed by atoms with Gasteiger partial charge in [-0.3, -0.25) is 4.79 Å². The van der Waals surface area contributed by atoms with Crippen molar-refractivity contribution in [3.63, 3.8) is 0 Å². The topological polar surface area (TPSA) is 41.1 Å². The van der Waals surface area contributed by atoms with Gasteiger partial charge < -0.3 is 10.6 Å². The fourth-order valence-electron chi connectivity index (χ4n) is 6.14. The zero-order valence-corrected chi connectivity index (χ0v) is 16.0. The van der Waals surface area contributed by atoms with Gasteiger partial charge in [-0.25, -0.2) is 0 Å². The Labute approximate surface area is 161 Å². The number of carbonyl (C=O) groups excluding carboxylic acids is 1. The number of anilines is 3. The van der Waals surface area contributed by atoms with Crippen LogP contribution in [0.25, 0.3) is 0 Å². The summed E-state index contributed by atoms with van der Waals surface area (Å²) in [4.78, 5) is 13.4. The fraction of sp³-hybridized carbons (Fsp3) is 0.458. The summed E-state index contributed by atoms with van der Waals surface area (Å²) < 4.78 is 0. The maximum Gasteiger partial charge on any atom is 0.230 e. The van der Waals surface area contributed by atoms with Crippen molar-refractivity contribution in [1.82, 2.24) is 0 Å². The minimum atomic E-state index is -0.119. The van der Waals surface area contributed by atoms with E-state index in [1.165, 1.54) is 24.8 Å². The van der Waals surface area contributed by atoms with Gasteiger partial charge in [-0.05, 0) is 87.5 Å². The maximum absolute atomic E-state index is 13.4. The maximum atomic E-state index is 13.4. The molecule has 4 aliphatic carbocycles. The molecule has 4 aliphatic rings. The largest absolute Gasteiger partial charge is 0.354 e. The van der Waals surface area contributed by atoms with Crippen molar-refractivity contribution in [1.29, 1.82) is 0 Å². The van der Waals surface area contributed by atoms with E-state index < -0.39 is 0 Å². The highest BCUT2D eigenvalue weighted by molar-refractivity contribution is 5.98. The van der Waals surface area contributed by atoms with Crippen molar-refractivity contribution in [2.24, 2.45) is 23.2 Å². The van der Waals surface area contributed by atoms with Crippen molar-refractivity contribution in [3.05, 3.63) is 54.1 Å². The Balaban J connectivity index is 1.36. The summed E-state index contributed by atoms with van der Waals surface area (Å²) >= 11 is 0. The second-order valence-electron chi connectivity index (χ2n) is 9.19. The summed E-state index contributed by atoms with van der Waals surface area (Å²) in [6, 6.07) is 16.4. The molecule has 0 unspecified atom stereocenters. The van der Waals surface area contributed by atoms with Gasteiger partial charge in [0.25, 0.3) is 0 Å². The highest BCUT2D eigenvalue weighted by atomic mass is 16.2. The predicted molar refractivity (Wildman–Crippen MR) is 110 cm³/mol. The second kappa shape index (κ2) is 6.40. The van der Waals surface area contributed by atoms with Gasteiger partial charge in [0.05, 0.1) is 16.8 Å². The van der Waals surface area contributed by atoms with Crippen LogP contribution in [-0.4, -0.2) is 5.91 Å². The molecule has 0 aliphatic heterocycles. The van der Waals surface area contributed by atoms with E-state index in [2.05, 4.69) is 41.8 Å². The molecule has 140 valence electrons. The van der Waals surface area contributed by atoms with Crippen molar-refractivity contribution < 1.29 is 4.79 Å². The average molecular weight is 361 g/mol. The summed E-state index contributed by atoms with van der Waals surface area (Å²) in [7, 11) is 0. The molecule has 0 spiro atoms. The van der Waals surface area contributed by atoms with Crippen LogP contribution in [0.1, 0.15) is 44.1 Å². The molecule has 2 N–H and O–H groups in total. The molecular weight excluding hydrogens is 332 g/mol. The minimum Gasteiger partial charge on any atom is -0.354 e. The third-order valence-corrected chi connectivity index (χ3v) is 7.03. The van der Waals surface area contributed by atoms with Gasteiger partial charge in [-0.15, -0.1) is 0 Å². The number of amides is 1. The predicted octanol–water partition coefficient (Wildman–Crippen LogP) is 5.89. The van der Waals surface area contributed by atoms with Crippen LogP contribution in [-0.2, 0) is 4.79 Å². The Morgan fingerprint density at radius 2 is 1.41 bits per heavy atom. The molecule has 0 saturated heterocycles. The first-order valence-electron chi connectivity index (χ1n) is 10.3. The van der Waals surface area contributed by atoms with Gasteiger partial charge in [0, 0.05) is 5.69 Å². The van der Waals surface area contributed by atoms with Crippen LogP contribution in [0.15, 0.2) is 48.5 Å². The van der Waals surface area contributed by atoms with Crippen LogP contribution >= 0.6 is 0 Å². The van der Waals surface area contributed by atoms with Crippen molar-refractivity contribution in [3.8, 4) is 0 Å². The molecule has 0 radical (unpaired) electrons. The standard InChI is InChI=1S/C24H28N2O/c1-16-6-8-20(9-7-16)25-21-4-2-3-5-22(21)26-23(27)24-13-17-10-18(14-24)12-19(11-17)15-24/h2-9,17-19,25H,10-15H2,1H3,(H,26,27). The lowest BCUT2D eigenvalue weighted by molar-refractivity contribution is -0.140. The van der Waals surface area contributed by atoms with E-state index in [1.807, 2.05) is 24.3 Å². The van der Waals surface area contributed by atoms with E-state index in [1.54, 1.807) is 0 Å². The Hall–Kier alpha value is -2.29. The van der Waals surface area contributed by atoms with Gasteiger partial charge in [-0.1, -0.05) is 29.8 Å². The molecule has 6 rings (SSSR count). The first-order chi connectivity index (χ1) is 13.1. The fourth-order valence-corrected chi connectivity index (χ4v) is 6.14. The molecule has 1 amide bonds. The molecule has 4 saturated carbocycles. The van der Waals surface area contributed by atoms with Crippen molar-refractivity contribution in [2.45, 2.75) is 45.4 Å². The average Bonchev–Trinajstić information content (AvgIpc) is 2.64. The smallest absolute Gasteiger partial charge is 0.230 e. The van der Waals surface area contributed by atoms with Gasteiger partial charge in [0.1, 0.15) is 0 Å². The zero-order valence-electron chi connectivity index (χ0n) is 16.0. The van der Waals surface area contributed by atoms with Crippen LogP contribution in [0.5, 0.6) is 0 Å². The van der Waals surface area contributed by atoms with Crippen molar-refractivity contribution >= 4 is 23.0 Å². The molecule has 27 heavy (non-hydrogen) atoms. The lowest BCUT2D eigenvalue weighted by Crippen LogP contribution is -2.51. The van der Waals surface area contributed by atoms with E-state index in [9.17, 15) is 4.79 Å². The van der Waals surface area contributed by atoms with Crippen LogP contribution in [0.4, 0.5) is 17.1 Å². The summed E-state index contributed by atoms with van der Waals surface area (Å²) in [6.45, 7) is 2.09. The van der Waals surface area contributed by atoms with Crippen LogP contribution in [0.3, 0.4) is 0 Å². The number of carbonyl (C=O) groups is 1. The van der Waals surface area contributed by atoms with E-state index >= 15 is 0 Å². The number of aryl methyl sites for hydroxylation is 1. The van der Waals surface area contributed by atoms with Crippen LogP contribution < -0.4 is 10.6 Å². The molecule has 0 heterocycles. The van der Waals surface area contributed by atoms with Crippen LogP contribution in [0.2, 0.25) is 0 Å². The summed E-state index contributed by atoms with van der Waals surface area (Å²) in [5.74, 6) is 2.59. The third-order valence-electron chi connectivity index (χ3n) is 7.03. The van der Waals surface area contributed by atoms with Gasteiger partial charge in [0.2, 0.25) is 5.91 Å². The van der Waals surface area contributed by atoms with E-state index in [-0.39, 0.29) is 11.3 Å². The molecule has 4 fully saturated rings. The van der Waals surface area contributed by atoms with E-state index in [0.717, 1.165) is 54.1 Å². The van der Waals surface area contributed by atoms with Crippen LogP contribution in [0, 0.1) is 30.1 Å². The zero-order chi connectivity index (χ0) is 18.4. The minimum absolute atomic E-state index is 0.119. The first-order valence-corrected chi connectivity index (χ1v) is 10.3. The molecule has 3 nitrogen and oxygen atoms in total. The van der Waals surface area contributed by atoms with Crippen molar-refractivity contribution in [2.75, 3.05) is 10.6 Å². The Kier molecular flexibility index (Phi) is 3.99. The molecular formula is C24H28N2O. The Bertz CT molecular complexity index is 820. The Morgan fingerprint density at radius 3 is 2.00 bits per heavy atom.